The van der Waals surface area contributed by atoms with Gasteiger partial charge in [-0.1, -0.05) is 12.5 Å². The molecule has 3 nitrogen and oxygen atoms in total. The first kappa shape index (κ1) is 10.3. The van der Waals surface area contributed by atoms with Gasteiger partial charge >= 0.3 is 0 Å². The van der Waals surface area contributed by atoms with Crippen LogP contribution in [0.15, 0.2) is 18.2 Å². The highest BCUT2D eigenvalue weighted by Crippen LogP contribution is 2.31. The van der Waals surface area contributed by atoms with E-state index in [4.69, 9.17) is 4.74 Å². The maximum absolute atomic E-state index is 9.49. The predicted octanol–water partition coefficient (Wildman–Crippen LogP) is 2.22. The number of phenols is 1. The summed E-state index contributed by atoms with van der Waals surface area (Å²) in [6.07, 6.45) is 3.68. The molecule has 2 N–H and O–H groups in total. The lowest BCUT2D eigenvalue weighted by atomic mass is 9.97. The zero-order chi connectivity index (χ0) is 10.7. The molecule has 1 aliphatic heterocycles. The molecule has 1 heterocycles. The Labute approximate surface area is 90.1 Å². The minimum absolute atomic E-state index is 0.206. The summed E-state index contributed by atoms with van der Waals surface area (Å²) in [7, 11) is 1.58. The van der Waals surface area contributed by atoms with Gasteiger partial charge in [-0.25, -0.2) is 0 Å². The first-order valence-electron chi connectivity index (χ1n) is 5.41. The van der Waals surface area contributed by atoms with Crippen molar-refractivity contribution in [3.8, 4) is 11.5 Å². The van der Waals surface area contributed by atoms with Crippen molar-refractivity contribution in [2.24, 2.45) is 0 Å². The molecule has 1 atom stereocenters. The summed E-state index contributed by atoms with van der Waals surface area (Å²) in [6.45, 7) is 1.08. The van der Waals surface area contributed by atoms with Crippen LogP contribution in [-0.2, 0) is 0 Å². The van der Waals surface area contributed by atoms with Crippen LogP contribution in [-0.4, -0.2) is 18.8 Å². The lowest BCUT2D eigenvalue weighted by Crippen LogP contribution is -2.26. The Kier molecular flexibility index (Phi) is 3.11. The molecule has 0 radical (unpaired) electrons. The Balaban J connectivity index is 2.20. The first-order chi connectivity index (χ1) is 7.31. The summed E-state index contributed by atoms with van der Waals surface area (Å²) in [6, 6.07) is 5.98. The lowest BCUT2D eigenvalue weighted by Gasteiger charge is -2.24. The Bertz CT molecular complexity index is 332. The fraction of sp³-hybridized carbons (Fsp3) is 0.500. The van der Waals surface area contributed by atoms with Crippen molar-refractivity contribution in [3.05, 3.63) is 23.8 Å². The van der Waals surface area contributed by atoms with Crippen LogP contribution in [0, 0.1) is 0 Å². The van der Waals surface area contributed by atoms with Gasteiger partial charge in [-0.3, -0.25) is 0 Å². The quantitative estimate of drug-likeness (QED) is 0.781. The van der Waals surface area contributed by atoms with E-state index < -0.39 is 0 Å². The topological polar surface area (TPSA) is 41.5 Å². The third-order valence-electron chi connectivity index (χ3n) is 2.92. The molecule has 0 spiro atoms. The van der Waals surface area contributed by atoms with E-state index in [0.29, 0.717) is 11.8 Å². The highest BCUT2D eigenvalue weighted by atomic mass is 16.5. The van der Waals surface area contributed by atoms with Crippen LogP contribution in [0.5, 0.6) is 11.5 Å². The SMILES string of the molecule is COc1cc([C@@H]2CCCCN2)ccc1O. The van der Waals surface area contributed by atoms with E-state index in [0.717, 1.165) is 13.0 Å². The summed E-state index contributed by atoms with van der Waals surface area (Å²) in [4.78, 5) is 0. The Hall–Kier alpha value is -1.22. The zero-order valence-electron chi connectivity index (χ0n) is 8.99. The summed E-state index contributed by atoms with van der Waals surface area (Å²) in [5.74, 6) is 0.761. The van der Waals surface area contributed by atoms with E-state index in [9.17, 15) is 5.11 Å². The highest BCUT2D eigenvalue weighted by molar-refractivity contribution is 5.42. The van der Waals surface area contributed by atoms with Crippen molar-refractivity contribution in [2.75, 3.05) is 13.7 Å². The molecule has 2 rings (SSSR count). The molecule has 15 heavy (non-hydrogen) atoms. The second-order valence-electron chi connectivity index (χ2n) is 3.93. The summed E-state index contributed by atoms with van der Waals surface area (Å²) < 4.78 is 5.10. The van der Waals surface area contributed by atoms with Crippen LogP contribution in [0.2, 0.25) is 0 Å². The monoisotopic (exact) mass is 207 g/mol. The van der Waals surface area contributed by atoms with E-state index in [1.807, 2.05) is 12.1 Å². The number of phenolic OH excluding ortho intramolecular Hbond substituents is 1. The molecule has 82 valence electrons. The number of hydrogen-bond donors (Lipinski definition) is 2. The van der Waals surface area contributed by atoms with Gasteiger partial charge in [-0.15, -0.1) is 0 Å². The molecule has 0 aromatic heterocycles. The third kappa shape index (κ3) is 2.23. The van der Waals surface area contributed by atoms with Crippen LogP contribution in [0.25, 0.3) is 0 Å². The molecular formula is C12H17NO2. The fourth-order valence-corrected chi connectivity index (χ4v) is 2.05. The Morgan fingerprint density at radius 3 is 2.93 bits per heavy atom. The normalized spacial score (nSPS) is 21.3. The van der Waals surface area contributed by atoms with Gasteiger partial charge in [0.1, 0.15) is 0 Å². The largest absolute Gasteiger partial charge is 0.504 e. The average Bonchev–Trinajstić information content (AvgIpc) is 2.31. The van der Waals surface area contributed by atoms with Gasteiger partial charge in [0.05, 0.1) is 7.11 Å². The lowest BCUT2D eigenvalue weighted by molar-refractivity contribution is 0.369. The van der Waals surface area contributed by atoms with Crippen LogP contribution < -0.4 is 10.1 Å². The molecule has 3 heteroatoms. The average molecular weight is 207 g/mol. The number of aromatic hydroxyl groups is 1. The van der Waals surface area contributed by atoms with Crippen LogP contribution >= 0.6 is 0 Å². The van der Waals surface area contributed by atoms with Gasteiger partial charge in [0.15, 0.2) is 11.5 Å². The molecule has 1 saturated heterocycles. The molecule has 1 fully saturated rings. The number of piperidine rings is 1. The van der Waals surface area contributed by atoms with Gasteiger partial charge in [0, 0.05) is 6.04 Å². The first-order valence-corrected chi connectivity index (χ1v) is 5.41. The standard InChI is InChI=1S/C12H17NO2/c1-15-12-8-9(5-6-11(12)14)10-4-2-3-7-13-10/h5-6,8,10,13-14H,2-4,7H2,1H3/t10-/m0/s1. The zero-order valence-corrected chi connectivity index (χ0v) is 8.99. The van der Waals surface area contributed by atoms with Crippen molar-refractivity contribution in [1.29, 1.82) is 0 Å². The molecule has 0 bridgehead atoms. The molecule has 1 aromatic carbocycles. The number of nitrogens with one attached hydrogen (secondary N) is 1. The number of methoxy groups -OCH3 is 1. The van der Waals surface area contributed by atoms with E-state index in [2.05, 4.69) is 5.32 Å². The highest BCUT2D eigenvalue weighted by Gasteiger charge is 2.15. The molecule has 1 aliphatic rings. The third-order valence-corrected chi connectivity index (χ3v) is 2.92. The Morgan fingerprint density at radius 2 is 2.27 bits per heavy atom. The number of hydrogen-bond acceptors (Lipinski definition) is 3. The molecule has 1 aromatic rings. The molecular weight excluding hydrogens is 190 g/mol. The molecule has 0 unspecified atom stereocenters. The Morgan fingerprint density at radius 1 is 1.40 bits per heavy atom. The molecule has 0 aliphatic carbocycles. The van der Waals surface area contributed by atoms with Crippen LogP contribution in [0.4, 0.5) is 0 Å². The maximum Gasteiger partial charge on any atom is 0.160 e. The van der Waals surface area contributed by atoms with E-state index in [1.165, 1.54) is 18.4 Å². The van der Waals surface area contributed by atoms with Gasteiger partial charge in [0.25, 0.3) is 0 Å². The summed E-state index contributed by atoms with van der Waals surface area (Å²) in [5, 5.41) is 13.0. The maximum atomic E-state index is 9.49. The van der Waals surface area contributed by atoms with Crippen molar-refractivity contribution < 1.29 is 9.84 Å². The summed E-state index contributed by atoms with van der Waals surface area (Å²) >= 11 is 0. The van der Waals surface area contributed by atoms with E-state index >= 15 is 0 Å². The molecule has 0 amide bonds. The van der Waals surface area contributed by atoms with Crippen molar-refractivity contribution >= 4 is 0 Å². The van der Waals surface area contributed by atoms with Crippen LogP contribution in [0.3, 0.4) is 0 Å². The van der Waals surface area contributed by atoms with Gasteiger partial charge in [0.2, 0.25) is 0 Å². The summed E-state index contributed by atoms with van der Waals surface area (Å²) in [5.41, 5.74) is 1.20. The second-order valence-corrected chi connectivity index (χ2v) is 3.93. The fourth-order valence-electron chi connectivity index (χ4n) is 2.05. The second kappa shape index (κ2) is 4.53. The van der Waals surface area contributed by atoms with Crippen molar-refractivity contribution in [3.63, 3.8) is 0 Å². The van der Waals surface area contributed by atoms with E-state index in [-0.39, 0.29) is 5.75 Å². The van der Waals surface area contributed by atoms with E-state index in [1.54, 1.807) is 13.2 Å². The smallest absolute Gasteiger partial charge is 0.160 e. The minimum atomic E-state index is 0.206. The number of rotatable bonds is 2. The predicted molar refractivity (Wildman–Crippen MR) is 59.3 cm³/mol. The number of ether oxygens (including phenoxy) is 1. The van der Waals surface area contributed by atoms with Gasteiger partial charge in [-0.2, -0.15) is 0 Å². The van der Waals surface area contributed by atoms with Crippen molar-refractivity contribution in [2.45, 2.75) is 25.3 Å². The van der Waals surface area contributed by atoms with Crippen LogP contribution in [0.1, 0.15) is 30.9 Å². The minimum Gasteiger partial charge on any atom is -0.504 e. The molecule has 0 saturated carbocycles. The van der Waals surface area contributed by atoms with Gasteiger partial charge < -0.3 is 15.2 Å². The number of benzene rings is 1. The van der Waals surface area contributed by atoms with Gasteiger partial charge in [-0.05, 0) is 37.1 Å². The van der Waals surface area contributed by atoms with Crippen molar-refractivity contribution in [1.82, 2.24) is 5.32 Å².